The second-order valence-electron chi connectivity index (χ2n) is 9.20. The van der Waals surface area contributed by atoms with Crippen LogP contribution < -0.4 is 0 Å². The largest absolute Gasteiger partial charge is 0.461 e. The number of hydrogen-bond acceptors (Lipinski definition) is 6. The average molecular weight is 553 g/mol. The predicted octanol–water partition coefficient (Wildman–Crippen LogP) is 4.53. The van der Waals surface area contributed by atoms with E-state index in [9.17, 15) is 35.9 Å². The van der Waals surface area contributed by atoms with Crippen molar-refractivity contribution in [2.24, 2.45) is 25.9 Å². The number of rotatable bonds is 4. The molecule has 0 unspecified atom stereocenters. The molecule has 8 nitrogen and oxygen atoms in total. The topological polar surface area (TPSA) is 88.2 Å². The molecular weight excluding hydrogens is 522 g/mol. The van der Waals surface area contributed by atoms with Crippen molar-refractivity contribution in [2.45, 2.75) is 64.7 Å². The molecule has 2 heterocycles. The Labute approximate surface area is 215 Å². The highest BCUT2D eigenvalue weighted by atomic mass is 19.4. The predicted molar refractivity (Wildman–Crippen MR) is 121 cm³/mol. The molecule has 2 atom stereocenters. The third-order valence-corrected chi connectivity index (χ3v) is 6.73. The Morgan fingerprint density at radius 2 is 1.34 bits per heavy atom. The van der Waals surface area contributed by atoms with Gasteiger partial charge in [-0.3, -0.25) is 9.36 Å². The molecule has 2 aromatic rings. The number of halogens is 6. The van der Waals surface area contributed by atoms with Crippen LogP contribution in [0.5, 0.6) is 0 Å². The minimum absolute atomic E-state index is 0.0216. The molecule has 2 aromatic heterocycles. The van der Waals surface area contributed by atoms with E-state index in [0.717, 1.165) is 0 Å². The van der Waals surface area contributed by atoms with Gasteiger partial charge in [-0.2, -0.15) is 36.5 Å². The van der Waals surface area contributed by atoms with E-state index in [0.29, 0.717) is 22.5 Å². The monoisotopic (exact) mass is 552 g/mol. The standard InChI is InChI=1S/2C12H15F3N2O2/c1-3-19-11(18)10-8-6-7(12(13,14)15)4-5-9(8)17(2)16-10;1-3-19-11(18)10-8-6-7(12(13,14)15)4-5-9(8)16-17(10)2/h2*7H,3-6H2,1-2H3/t2*7-/m11/s1. The van der Waals surface area contributed by atoms with E-state index < -0.39 is 36.1 Å². The van der Waals surface area contributed by atoms with Crippen LogP contribution in [-0.4, -0.2) is 57.1 Å². The van der Waals surface area contributed by atoms with Gasteiger partial charge in [0.2, 0.25) is 0 Å². The van der Waals surface area contributed by atoms with Gasteiger partial charge in [0, 0.05) is 30.9 Å². The van der Waals surface area contributed by atoms with Crippen molar-refractivity contribution in [1.29, 1.82) is 0 Å². The molecule has 0 aromatic carbocycles. The van der Waals surface area contributed by atoms with Gasteiger partial charge >= 0.3 is 24.3 Å². The van der Waals surface area contributed by atoms with E-state index in [1.54, 1.807) is 27.9 Å². The lowest BCUT2D eigenvalue weighted by Gasteiger charge is -2.24. The average Bonchev–Trinajstić information content (AvgIpc) is 3.34. The SMILES string of the molecule is CCOC(=O)c1c2c(nn1C)CC[C@@H](C(F)(F)F)C2.CCOC(=O)c1nn(C)c2c1C[C@H](C(F)(F)F)CC2. The number of alkyl halides is 6. The van der Waals surface area contributed by atoms with Crippen LogP contribution in [0.15, 0.2) is 0 Å². The first-order valence-corrected chi connectivity index (χ1v) is 12.3. The molecule has 0 radical (unpaired) electrons. The van der Waals surface area contributed by atoms with E-state index >= 15 is 0 Å². The molecule has 0 bridgehead atoms. The first-order chi connectivity index (χ1) is 17.7. The molecule has 14 heteroatoms. The molecular formula is C24H30F6N4O4. The first kappa shape index (κ1) is 29.5. The maximum absolute atomic E-state index is 12.8. The van der Waals surface area contributed by atoms with Gasteiger partial charge in [0.1, 0.15) is 5.69 Å². The van der Waals surface area contributed by atoms with Crippen LogP contribution in [0.4, 0.5) is 26.3 Å². The second-order valence-corrected chi connectivity index (χ2v) is 9.20. The van der Waals surface area contributed by atoms with Crippen LogP contribution in [-0.2, 0) is 49.3 Å². The van der Waals surface area contributed by atoms with Gasteiger partial charge in [-0.25, -0.2) is 9.59 Å². The normalized spacial score (nSPS) is 19.1. The minimum Gasteiger partial charge on any atom is -0.461 e. The van der Waals surface area contributed by atoms with Gasteiger partial charge in [0.05, 0.1) is 30.7 Å². The molecule has 0 saturated heterocycles. The summed E-state index contributed by atoms with van der Waals surface area (Å²) in [6.45, 7) is 3.65. The van der Waals surface area contributed by atoms with E-state index in [1.807, 2.05) is 0 Å². The molecule has 4 rings (SSSR count). The van der Waals surface area contributed by atoms with Crippen LogP contribution in [0.1, 0.15) is 70.2 Å². The van der Waals surface area contributed by atoms with Crippen LogP contribution in [0, 0.1) is 11.8 Å². The van der Waals surface area contributed by atoms with Crippen LogP contribution in [0.2, 0.25) is 0 Å². The lowest BCUT2D eigenvalue weighted by atomic mass is 9.86. The van der Waals surface area contributed by atoms with Crippen LogP contribution >= 0.6 is 0 Å². The summed E-state index contributed by atoms with van der Waals surface area (Å²) in [5, 5.41) is 8.12. The van der Waals surface area contributed by atoms with Crippen molar-refractivity contribution in [3.05, 3.63) is 33.9 Å². The van der Waals surface area contributed by atoms with Crippen molar-refractivity contribution in [2.75, 3.05) is 13.2 Å². The Morgan fingerprint density at radius 3 is 1.89 bits per heavy atom. The molecule has 2 aliphatic rings. The third kappa shape index (κ3) is 6.32. The van der Waals surface area contributed by atoms with Gasteiger partial charge in [0.25, 0.3) is 0 Å². The number of ether oxygens (including phenoxy) is 2. The van der Waals surface area contributed by atoms with Crippen molar-refractivity contribution in [1.82, 2.24) is 19.6 Å². The summed E-state index contributed by atoms with van der Waals surface area (Å²) in [6, 6.07) is 0. The Balaban J connectivity index is 0.000000211. The molecule has 0 amide bonds. The zero-order valence-electron chi connectivity index (χ0n) is 21.5. The number of nitrogens with zero attached hydrogens (tertiary/aromatic N) is 4. The third-order valence-electron chi connectivity index (χ3n) is 6.73. The van der Waals surface area contributed by atoms with Crippen molar-refractivity contribution in [3.63, 3.8) is 0 Å². The Morgan fingerprint density at radius 1 is 0.816 bits per heavy atom. The lowest BCUT2D eigenvalue weighted by Crippen LogP contribution is -2.29. The fraction of sp³-hybridized carbons (Fsp3) is 0.667. The number of aromatic nitrogens is 4. The second kappa shape index (κ2) is 11.4. The fourth-order valence-corrected chi connectivity index (χ4v) is 4.86. The summed E-state index contributed by atoms with van der Waals surface area (Å²) >= 11 is 0. The van der Waals surface area contributed by atoms with E-state index in [-0.39, 0.29) is 63.1 Å². The Kier molecular flexibility index (Phi) is 8.82. The fourth-order valence-electron chi connectivity index (χ4n) is 4.86. The van der Waals surface area contributed by atoms with Gasteiger partial charge < -0.3 is 9.47 Å². The molecule has 38 heavy (non-hydrogen) atoms. The maximum atomic E-state index is 12.8. The van der Waals surface area contributed by atoms with Gasteiger partial charge in [-0.1, -0.05) is 0 Å². The highest BCUT2D eigenvalue weighted by Gasteiger charge is 2.44. The molecule has 0 fully saturated rings. The summed E-state index contributed by atoms with van der Waals surface area (Å²) in [5.74, 6) is -4.07. The smallest absolute Gasteiger partial charge is 0.392 e. The van der Waals surface area contributed by atoms with E-state index in [4.69, 9.17) is 9.47 Å². The zero-order chi connectivity index (χ0) is 28.4. The summed E-state index contributed by atoms with van der Waals surface area (Å²) in [4.78, 5) is 23.5. The van der Waals surface area contributed by atoms with Crippen molar-refractivity contribution >= 4 is 11.9 Å². The highest BCUT2D eigenvalue weighted by molar-refractivity contribution is 5.90. The lowest BCUT2D eigenvalue weighted by molar-refractivity contribution is -0.177. The maximum Gasteiger partial charge on any atom is 0.392 e. The highest BCUT2D eigenvalue weighted by Crippen LogP contribution is 2.39. The van der Waals surface area contributed by atoms with E-state index in [2.05, 4.69) is 10.2 Å². The van der Waals surface area contributed by atoms with Crippen LogP contribution in [0.3, 0.4) is 0 Å². The molecule has 0 N–H and O–H groups in total. The Bertz CT molecular complexity index is 1150. The van der Waals surface area contributed by atoms with E-state index in [1.165, 1.54) is 9.36 Å². The minimum atomic E-state index is -4.24. The van der Waals surface area contributed by atoms with Gasteiger partial charge in [0.15, 0.2) is 5.69 Å². The number of aryl methyl sites for hydroxylation is 3. The molecule has 0 saturated carbocycles. The van der Waals surface area contributed by atoms with Crippen molar-refractivity contribution in [3.8, 4) is 0 Å². The molecule has 0 aliphatic heterocycles. The summed E-state index contributed by atoms with van der Waals surface area (Å²) in [7, 11) is 3.18. The number of hydrogen-bond donors (Lipinski definition) is 0. The number of carbonyl (C=O) groups excluding carboxylic acids is 2. The molecule has 2 aliphatic carbocycles. The molecule has 0 spiro atoms. The van der Waals surface area contributed by atoms with Crippen LogP contribution in [0.25, 0.3) is 0 Å². The van der Waals surface area contributed by atoms with Gasteiger partial charge in [-0.05, 0) is 52.4 Å². The molecule has 212 valence electrons. The number of carbonyl (C=O) groups is 2. The Hall–Kier alpha value is -3.06. The first-order valence-electron chi connectivity index (χ1n) is 12.3. The summed E-state index contributed by atoms with van der Waals surface area (Å²) < 4.78 is 89.2. The zero-order valence-corrected chi connectivity index (χ0v) is 21.5. The summed E-state index contributed by atoms with van der Waals surface area (Å²) in [5.41, 5.74) is 2.21. The number of esters is 2. The number of fused-ring (bicyclic) bond motifs is 2. The van der Waals surface area contributed by atoms with Crippen molar-refractivity contribution < 1.29 is 45.4 Å². The van der Waals surface area contributed by atoms with Gasteiger partial charge in [-0.15, -0.1) is 0 Å². The quantitative estimate of drug-likeness (QED) is 0.409. The summed E-state index contributed by atoms with van der Waals surface area (Å²) in [6.07, 6.45) is -8.27.